The van der Waals surface area contributed by atoms with E-state index in [0.717, 1.165) is 35.3 Å². The van der Waals surface area contributed by atoms with Gasteiger partial charge in [-0.05, 0) is 74.7 Å². The molecule has 0 bridgehead atoms. The number of Topliss-reactive ketones (excluding diaryl/α,β-unsaturated/α-hetero) is 1. The first-order valence-corrected chi connectivity index (χ1v) is 16.5. The number of aliphatic hydroxyl groups is 1. The smallest absolute Gasteiger partial charge is 0.350 e. The van der Waals surface area contributed by atoms with Gasteiger partial charge in [0.1, 0.15) is 23.0 Å². The second kappa shape index (κ2) is 15.2. The molecule has 250 valence electrons. The average molecular weight is 671 g/mol. The highest BCUT2D eigenvalue weighted by atomic mass is 32.1. The number of hydrogen-bond acceptors (Lipinski definition) is 10. The Bertz CT molecular complexity index is 1850. The van der Waals surface area contributed by atoms with Crippen LogP contribution in [0.15, 0.2) is 72.3 Å². The van der Waals surface area contributed by atoms with E-state index in [4.69, 9.17) is 18.9 Å². The molecule has 10 nitrogen and oxygen atoms in total. The second-order valence-corrected chi connectivity index (χ2v) is 12.2. The number of amides is 1. The molecule has 1 saturated heterocycles. The lowest BCUT2D eigenvalue weighted by molar-refractivity contribution is -0.132. The van der Waals surface area contributed by atoms with Crippen molar-refractivity contribution in [2.24, 2.45) is 0 Å². The van der Waals surface area contributed by atoms with Gasteiger partial charge in [0.15, 0.2) is 16.6 Å². The summed E-state index contributed by atoms with van der Waals surface area (Å²) in [6.07, 6.45) is 1.81. The van der Waals surface area contributed by atoms with Crippen LogP contribution in [0.5, 0.6) is 17.2 Å². The van der Waals surface area contributed by atoms with Crippen molar-refractivity contribution in [3.63, 3.8) is 0 Å². The van der Waals surface area contributed by atoms with E-state index >= 15 is 0 Å². The molecule has 1 aliphatic rings. The van der Waals surface area contributed by atoms with Crippen LogP contribution in [0.4, 0.5) is 5.13 Å². The van der Waals surface area contributed by atoms with Crippen molar-refractivity contribution in [2.75, 3.05) is 25.2 Å². The molecule has 1 unspecified atom stereocenters. The fourth-order valence-electron chi connectivity index (χ4n) is 5.35. The van der Waals surface area contributed by atoms with E-state index in [0.29, 0.717) is 47.3 Å². The minimum Gasteiger partial charge on any atom is -0.507 e. The van der Waals surface area contributed by atoms with Crippen LogP contribution >= 0.6 is 11.3 Å². The summed E-state index contributed by atoms with van der Waals surface area (Å²) < 4.78 is 22.6. The van der Waals surface area contributed by atoms with Gasteiger partial charge in [-0.25, -0.2) is 9.78 Å². The van der Waals surface area contributed by atoms with Gasteiger partial charge in [-0.1, -0.05) is 60.6 Å². The van der Waals surface area contributed by atoms with Gasteiger partial charge >= 0.3 is 11.9 Å². The van der Waals surface area contributed by atoms with Crippen molar-refractivity contribution < 1.29 is 38.4 Å². The number of anilines is 1. The van der Waals surface area contributed by atoms with E-state index < -0.39 is 23.7 Å². The van der Waals surface area contributed by atoms with Crippen molar-refractivity contribution >= 4 is 39.9 Å². The van der Waals surface area contributed by atoms with Gasteiger partial charge in [-0.2, -0.15) is 0 Å². The predicted molar refractivity (Wildman–Crippen MR) is 183 cm³/mol. The fourth-order valence-corrected chi connectivity index (χ4v) is 6.34. The molecular formula is C37H38N2O8S. The monoisotopic (exact) mass is 670 g/mol. The van der Waals surface area contributed by atoms with Crippen LogP contribution in [0.1, 0.15) is 70.4 Å². The highest BCUT2D eigenvalue weighted by molar-refractivity contribution is 7.17. The van der Waals surface area contributed by atoms with Gasteiger partial charge < -0.3 is 24.1 Å². The van der Waals surface area contributed by atoms with Crippen molar-refractivity contribution in [1.82, 2.24) is 4.98 Å². The SMILES string of the molecule is CCCCOc1ccc(C2/C(=C(\O)c3ccc(OCc4cccc(C)c4)cc3)C(=O)C(=O)N2c2nc(C)c(C(=O)OCC)s2)cc1OC. The van der Waals surface area contributed by atoms with Crippen LogP contribution < -0.4 is 19.1 Å². The van der Waals surface area contributed by atoms with Crippen molar-refractivity contribution in [1.29, 1.82) is 0 Å². The number of rotatable bonds is 13. The summed E-state index contributed by atoms with van der Waals surface area (Å²) in [5, 5.41) is 11.8. The molecule has 0 aliphatic carbocycles. The first-order chi connectivity index (χ1) is 23.2. The molecule has 0 radical (unpaired) electrons. The molecule has 5 rings (SSSR count). The van der Waals surface area contributed by atoms with Crippen molar-refractivity contribution in [3.05, 3.63) is 105 Å². The Labute approximate surface area is 283 Å². The lowest BCUT2D eigenvalue weighted by Gasteiger charge is -2.24. The number of nitrogens with zero attached hydrogens (tertiary/aromatic N) is 2. The summed E-state index contributed by atoms with van der Waals surface area (Å²) in [6, 6.07) is 18.6. The summed E-state index contributed by atoms with van der Waals surface area (Å²) >= 11 is 0.942. The molecule has 1 aliphatic heterocycles. The van der Waals surface area contributed by atoms with Crippen LogP contribution in [0.3, 0.4) is 0 Å². The normalized spacial score (nSPS) is 15.4. The Morgan fingerprint density at radius 1 is 0.979 bits per heavy atom. The van der Waals surface area contributed by atoms with Crippen LogP contribution in [-0.2, 0) is 20.9 Å². The number of unbranched alkanes of at least 4 members (excludes halogenated alkanes) is 1. The van der Waals surface area contributed by atoms with E-state index in [-0.39, 0.29) is 27.9 Å². The largest absolute Gasteiger partial charge is 0.507 e. The minimum atomic E-state index is -1.10. The zero-order valence-corrected chi connectivity index (χ0v) is 28.4. The Balaban J connectivity index is 1.56. The molecule has 3 aromatic carbocycles. The van der Waals surface area contributed by atoms with Crippen LogP contribution in [0.2, 0.25) is 0 Å². The van der Waals surface area contributed by atoms with Gasteiger partial charge in [0.05, 0.1) is 37.6 Å². The highest BCUT2D eigenvalue weighted by Gasteiger charge is 2.48. The third-order valence-corrected chi connectivity index (χ3v) is 8.91. The maximum Gasteiger partial charge on any atom is 0.350 e. The number of benzene rings is 3. The summed E-state index contributed by atoms with van der Waals surface area (Å²) in [7, 11) is 1.50. The zero-order valence-electron chi connectivity index (χ0n) is 27.6. The Hall–Kier alpha value is -5.16. The van der Waals surface area contributed by atoms with Gasteiger partial charge in [0, 0.05) is 5.56 Å². The first-order valence-electron chi connectivity index (χ1n) is 15.7. The lowest BCUT2D eigenvalue weighted by Crippen LogP contribution is -2.29. The number of carbonyl (C=O) groups excluding carboxylic acids is 3. The molecule has 1 fully saturated rings. The Morgan fingerprint density at radius 3 is 2.44 bits per heavy atom. The number of aromatic nitrogens is 1. The molecule has 0 saturated carbocycles. The number of hydrogen-bond donors (Lipinski definition) is 1. The predicted octanol–water partition coefficient (Wildman–Crippen LogP) is 7.33. The number of methoxy groups -OCH3 is 1. The van der Waals surface area contributed by atoms with E-state index in [9.17, 15) is 19.5 Å². The number of esters is 1. The number of aliphatic hydroxyl groups excluding tert-OH is 1. The maximum absolute atomic E-state index is 13.8. The third kappa shape index (κ3) is 7.21. The molecular weight excluding hydrogens is 632 g/mol. The molecule has 1 amide bonds. The number of ether oxygens (including phenoxy) is 4. The third-order valence-electron chi connectivity index (χ3n) is 7.77. The standard InChI is InChI=1S/C37H38N2O8S/c1-6-8-18-46-28-17-14-26(20-29(28)44-5)31-30(33(41)35(42)39(31)37-38-23(4)34(48-37)36(43)45-7-2)32(40)25-12-15-27(16-13-25)47-21-24-11-9-10-22(3)19-24/h9-17,19-20,31,40H,6-8,18,21H2,1-5H3/b32-30+. The highest BCUT2D eigenvalue weighted by Crippen LogP contribution is 2.45. The fraction of sp³-hybridized carbons (Fsp3) is 0.297. The van der Waals surface area contributed by atoms with E-state index in [1.165, 1.54) is 12.0 Å². The number of aryl methyl sites for hydroxylation is 2. The molecule has 0 spiro atoms. The summed E-state index contributed by atoms with van der Waals surface area (Å²) in [4.78, 5) is 46.1. The van der Waals surface area contributed by atoms with Crippen LogP contribution in [-0.4, -0.2) is 48.1 Å². The molecule has 1 aromatic heterocycles. The molecule has 2 heterocycles. The van der Waals surface area contributed by atoms with Gasteiger partial charge in [0.2, 0.25) is 0 Å². The van der Waals surface area contributed by atoms with Gasteiger partial charge in [-0.3, -0.25) is 14.5 Å². The maximum atomic E-state index is 13.8. The summed E-state index contributed by atoms with van der Waals surface area (Å²) in [5.41, 5.74) is 3.15. The number of thiazole rings is 1. The van der Waals surface area contributed by atoms with Gasteiger partial charge in [0.25, 0.3) is 5.78 Å². The minimum absolute atomic E-state index is 0.115. The Morgan fingerprint density at radius 2 is 1.75 bits per heavy atom. The topological polar surface area (TPSA) is 124 Å². The van der Waals surface area contributed by atoms with E-state index in [2.05, 4.69) is 11.9 Å². The Kier molecular flexibility index (Phi) is 10.8. The molecule has 11 heteroatoms. The summed E-state index contributed by atoms with van der Waals surface area (Å²) in [6.45, 7) is 8.42. The first kappa shape index (κ1) is 34.2. The van der Waals surface area contributed by atoms with Gasteiger partial charge in [-0.15, -0.1) is 0 Å². The molecule has 1 atom stereocenters. The average Bonchev–Trinajstić information content (AvgIpc) is 3.59. The number of carbonyl (C=O) groups is 3. The molecule has 4 aromatic rings. The van der Waals surface area contributed by atoms with E-state index in [1.807, 2.05) is 31.2 Å². The van der Waals surface area contributed by atoms with Crippen LogP contribution in [0.25, 0.3) is 5.76 Å². The number of ketones is 1. The van der Waals surface area contributed by atoms with Crippen molar-refractivity contribution in [2.45, 2.75) is 53.2 Å². The second-order valence-electron chi connectivity index (χ2n) is 11.2. The zero-order chi connectivity index (χ0) is 34.4. The van der Waals surface area contributed by atoms with Crippen LogP contribution in [0, 0.1) is 13.8 Å². The molecule has 1 N–H and O–H groups in total. The van der Waals surface area contributed by atoms with Crippen molar-refractivity contribution in [3.8, 4) is 17.2 Å². The summed E-state index contributed by atoms with van der Waals surface area (Å²) in [5.74, 6) is -1.28. The molecule has 48 heavy (non-hydrogen) atoms. The lowest BCUT2D eigenvalue weighted by atomic mass is 9.95. The van der Waals surface area contributed by atoms with E-state index in [1.54, 1.807) is 56.3 Å². The quantitative estimate of drug-likeness (QED) is 0.0512.